The molecule has 4 rings (SSSR count). The van der Waals surface area contributed by atoms with E-state index in [-0.39, 0.29) is 17.6 Å². The van der Waals surface area contributed by atoms with E-state index in [2.05, 4.69) is 17.0 Å². The summed E-state index contributed by atoms with van der Waals surface area (Å²) in [6, 6.07) is 16.7. The van der Waals surface area contributed by atoms with Crippen molar-refractivity contribution in [1.82, 2.24) is 4.90 Å². The van der Waals surface area contributed by atoms with Crippen LogP contribution in [-0.2, 0) is 6.42 Å². The molecule has 2 aliphatic rings. The van der Waals surface area contributed by atoms with Gasteiger partial charge in [-0.15, -0.1) is 0 Å². The minimum atomic E-state index is -0.568. The van der Waals surface area contributed by atoms with Gasteiger partial charge in [0, 0.05) is 18.7 Å². The van der Waals surface area contributed by atoms with E-state index in [0.717, 1.165) is 38.8 Å². The minimum absolute atomic E-state index is 0.0966. The largest absolute Gasteiger partial charge is 0.508 e. The van der Waals surface area contributed by atoms with Crippen LogP contribution in [0.3, 0.4) is 0 Å². The van der Waals surface area contributed by atoms with Gasteiger partial charge in [0.15, 0.2) is 5.78 Å². The van der Waals surface area contributed by atoms with E-state index < -0.39 is 5.60 Å². The van der Waals surface area contributed by atoms with Gasteiger partial charge in [0.25, 0.3) is 0 Å². The Morgan fingerprint density at radius 2 is 1.68 bits per heavy atom. The predicted octanol–water partition coefficient (Wildman–Crippen LogP) is 3.67. The maximum atomic E-state index is 12.8. The Labute approximate surface area is 166 Å². The lowest BCUT2D eigenvalue weighted by atomic mass is 9.91. The number of aromatic hydroxyl groups is 1. The molecular weight excluding hydrogens is 350 g/mol. The first-order valence-corrected chi connectivity index (χ1v) is 10.3. The number of nitrogens with zero attached hydrogens (tertiary/aromatic N) is 1. The Balaban J connectivity index is 1.33. The summed E-state index contributed by atoms with van der Waals surface area (Å²) in [4.78, 5) is 15.0. The second-order valence-corrected chi connectivity index (χ2v) is 8.68. The molecular formula is C24H29NO3. The summed E-state index contributed by atoms with van der Waals surface area (Å²) in [6.07, 6.45) is 3.39. The van der Waals surface area contributed by atoms with Crippen LogP contribution in [0.2, 0.25) is 0 Å². The molecule has 2 aromatic carbocycles. The van der Waals surface area contributed by atoms with E-state index >= 15 is 0 Å². The number of rotatable bonds is 6. The predicted molar refractivity (Wildman–Crippen MR) is 109 cm³/mol. The van der Waals surface area contributed by atoms with Crippen LogP contribution in [0.25, 0.3) is 0 Å². The van der Waals surface area contributed by atoms with Crippen LogP contribution >= 0.6 is 0 Å². The van der Waals surface area contributed by atoms with Crippen LogP contribution in [0.1, 0.15) is 42.1 Å². The number of aliphatic hydroxyl groups is 1. The van der Waals surface area contributed by atoms with E-state index in [0.29, 0.717) is 17.4 Å². The zero-order valence-electron chi connectivity index (χ0n) is 16.4. The average molecular weight is 380 g/mol. The Kier molecular flexibility index (Phi) is 5.26. The fourth-order valence-electron chi connectivity index (χ4n) is 5.07. The molecule has 1 heterocycles. The number of carbonyl (C=O) groups is 1. The Hall–Kier alpha value is -2.17. The van der Waals surface area contributed by atoms with Crippen molar-refractivity contribution >= 4 is 5.78 Å². The maximum Gasteiger partial charge on any atom is 0.179 e. The first-order chi connectivity index (χ1) is 13.4. The van der Waals surface area contributed by atoms with Gasteiger partial charge < -0.3 is 10.2 Å². The maximum absolute atomic E-state index is 12.8. The molecule has 0 bridgehead atoms. The van der Waals surface area contributed by atoms with Crippen LogP contribution < -0.4 is 0 Å². The number of hydrogen-bond acceptors (Lipinski definition) is 4. The lowest BCUT2D eigenvalue weighted by Crippen LogP contribution is -2.39. The second-order valence-electron chi connectivity index (χ2n) is 8.68. The smallest absolute Gasteiger partial charge is 0.179 e. The van der Waals surface area contributed by atoms with Gasteiger partial charge in [0.1, 0.15) is 5.75 Å². The van der Waals surface area contributed by atoms with E-state index in [1.54, 1.807) is 24.3 Å². The Bertz CT molecular complexity index is 804. The van der Waals surface area contributed by atoms with E-state index in [4.69, 9.17) is 0 Å². The lowest BCUT2D eigenvalue weighted by Gasteiger charge is -2.28. The van der Waals surface area contributed by atoms with E-state index in [9.17, 15) is 15.0 Å². The molecule has 1 unspecified atom stereocenters. The number of ketones is 1. The number of Topliss-reactive ketones (excluding diaryl/α,β-unsaturated/α-hetero) is 1. The first kappa shape index (κ1) is 19.2. The van der Waals surface area contributed by atoms with Gasteiger partial charge in [0.05, 0.1) is 11.6 Å². The molecule has 2 N–H and O–H groups in total. The molecule has 0 amide bonds. The Morgan fingerprint density at radius 1 is 1.07 bits per heavy atom. The molecule has 0 aromatic heterocycles. The minimum Gasteiger partial charge on any atom is -0.508 e. The fraction of sp³-hybridized carbons (Fsp3) is 0.458. The summed E-state index contributed by atoms with van der Waals surface area (Å²) in [5.41, 5.74) is 1.35. The van der Waals surface area contributed by atoms with Gasteiger partial charge in [0.2, 0.25) is 0 Å². The highest BCUT2D eigenvalue weighted by Crippen LogP contribution is 2.46. The molecule has 148 valence electrons. The van der Waals surface area contributed by atoms with Crippen LogP contribution in [0.5, 0.6) is 5.75 Å². The van der Waals surface area contributed by atoms with Crippen molar-refractivity contribution in [1.29, 1.82) is 0 Å². The van der Waals surface area contributed by atoms with Crippen LogP contribution in [-0.4, -0.2) is 45.6 Å². The standard InChI is InChI=1S/C24H29NO3/c1-17(23(27)19-7-9-22(26)10-8-19)25-15-20-13-24(28,14-21(20)16-25)12-11-18-5-3-2-4-6-18/h2-10,17,20-21,26,28H,11-16H2,1H3/t17?,20-,21+,24+. The zero-order chi connectivity index (χ0) is 19.7. The molecule has 28 heavy (non-hydrogen) atoms. The number of phenols is 1. The third kappa shape index (κ3) is 3.98. The number of fused-ring (bicyclic) bond motifs is 1. The highest BCUT2D eigenvalue weighted by atomic mass is 16.3. The van der Waals surface area contributed by atoms with Crippen LogP contribution in [0, 0.1) is 11.8 Å². The molecule has 1 saturated carbocycles. The van der Waals surface area contributed by atoms with Crippen molar-refractivity contribution in [3.8, 4) is 5.75 Å². The van der Waals surface area contributed by atoms with E-state index in [1.165, 1.54) is 5.56 Å². The van der Waals surface area contributed by atoms with Gasteiger partial charge in [-0.25, -0.2) is 0 Å². The van der Waals surface area contributed by atoms with Gasteiger partial charge in [-0.1, -0.05) is 30.3 Å². The number of likely N-dealkylation sites (tertiary alicyclic amines) is 1. The molecule has 4 nitrogen and oxygen atoms in total. The molecule has 2 aromatic rings. The van der Waals surface area contributed by atoms with Gasteiger partial charge in [-0.2, -0.15) is 0 Å². The van der Waals surface area contributed by atoms with Gasteiger partial charge in [-0.3, -0.25) is 9.69 Å². The first-order valence-electron chi connectivity index (χ1n) is 10.3. The van der Waals surface area contributed by atoms with Crippen molar-refractivity contribution < 1.29 is 15.0 Å². The van der Waals surface area contributed by atoms with E-state index in [1.807, 2.05) is 25.1 Å². The summed E-state index contributed by atoms with van der Waals surface area (Å²) < 4.78 is 0. The van der Waals surface area contributed by atoms with Crippen molar-refractivity contribution in [2.75, 3.05) is 13.1 Å². The van der Waals surface area contributed by atoms with Crippen molar-refractivity contribution in [2.24, 2.45) is 11.8 Å². The molecule has 1 aliphatic heterocycles. The molecule has 1 saturated heterocycles. The number of benzene rings is 2. The summed E-state index contributed by atoms with van der Waals surface area (Å²) >= 11 is 0. The van der Waals surface area contributed by atoms with Crippen LogP contribution in [0.15, 0.2) is 54.6 Å². The summed E-state index contributed by atoms with van der Waals surface area (Å²) in [7, 11) is 0. The van der Waals surface area contributed by atoms with Crippen molar-refractivity contribution in [3.05, 3.63) is 65.7 Å². The lowest BCUT2D eigenvalue weighted by molar-refractivity contribution is 0.0255. The highest BCUT2D eigenvalue weighted by Gasteiger charge is 2.49. The highest BCUT2D eigenvalue weighted by molar-refractivity contribution is 5.99. The number of aryl methyl sites for hydroxylation is 1. The topological polar surface area (TPSA) is 60.8 Å². The van der Waals surface area contributed by atoms with Crippen LogP contribution in [0.4, 0.5) is 0 Å². The fourth-order valence-corrected chi connectivity index (χ4v) is 5.07. The summed E-state index contributed by atoms with van der Waals surface area (Å²) in [6.45, 7) is 3.73. The third-order valence-corrected chi connectivity index (χ3v) is 6.69. The van der Waals surface area contributed by atoms with Crippen molar-refractivity contribution in [3.63, 3.8) is 0 Å². The normalized spacial score (nSPS) is 28.2. The average Bonchev–Trinajstić information content (AvgIpc) is 3.22. The second kappa shape index (κ2) is 7.69. The summed E-state index contributed by atoms with van der Waals surface area (Å²) in [5, 5.41) is 20.5. The monoisotopic (exact) mass is 379 g/mol. The van der Waals surface area contributed by atoms with Gasteiger partial charge >= 0.3 is 0 Å². The SMILES string of the molecule is CC(C(=O)c1ccc(O)cc1)N1C[C@@H]2C[C@](O)(CCc3ccccc3)C[C@@H]2C1. The number of carbonyl (C=O) groups excluding carboxylic acids is 1. The Morgan fingerprint density at radius 3 is 2.29 bits per heavy atom. The molecule has 0 radical (unpaired) electrons. The molecule has 2 fully saturated rings. The number of hydrogen-bond donors (Lipinski definition) is 2. The number of phenolic OH excluding ortho intramolecular Hbond substituents is 1. The molecule has 0 spiro atoms. The summed E-state index contributed by atoms with van der Waals surface area (Å²) in [5.74, 6) is 1.21. The molecule has 1 aliphatic carbocycles. The third-order valence-electron chi connectivity index (χ3n) is 6.69. The zero-order valence-corrected chi connectivity index (χ0v) is 16.4. The van der Waals surface area contributed by atoms with Gasteiger partial charge in [-0.05, 0) is 74.3 Å². The molecule has 4 heteroatoms. The van der Waals surface area contributed by atoms with Crippen molar-refractivity contribution in [2.45, 2.75) is 44.2 Å². The molecule has 4 atom stereocenters. The quantitative estimate of drug-likeness (QED) is 0.752.